The van der Waals surface area contributed by atoms with Gasteiger partial charge in [0.15, 0.2) is 11.5 Å². The molecule has 1 aliphatic rings. The Balaban J connectivity index is 1.32. The number of rotatable bonds is 9. The highest BCUT2D eigenvalue weighted by Crippen LogP contribution is 2.31. The molecule has 0 aliphatic carbocycles. The topological polar surface area (TPSA) is 89.1 Å². The fourth-order valence-corrected chi connectivity index (χ4v) is 3.86. The van der Waals surface area contributed by atoms with E-state index < -0.39 is 5.92 Å². The summed E-state index contributed by atoms with van der Waals surface area (Å²) in [5, 5.41) is 0.666. The summed E-state index contributed by atoms with van der Waals surface area (Å²) in [6, 6.07) is 19.8. The first kappa shape index (κ1) is 24.2. The molecule has 9 heteroatoms. The molecule has 1 fully saturated rings. The van der Waals surface area contributed by atoms with Gasteiger partial charge in [-0.1, -0.05) is 23.7 Å². The summed E-state index contributed by atoms with van der Waals surface area (Å²) in [7, 11) is 3.13. The maximum atomic E-state index is 12.7. The van der Waals surface area contributed by atoms with E-state index in [2.05, 4.69) is 10.9 Å². The van der Waals surface area contributed by atoms with Gasteiger partial charge in [0, 0.05) is 29.7 Å². The van der Waals surface area contributed by atoms with Crippen molar-refractivity contribution in [2.45, 2.75) is 13.0 Å². The molecule has 0 saturated carbocycles. The van der Waals surface area contributed by atoms with Crippen LogP contribution in [-0.4, -0.2) is 32.6 Å². The normalized spacial score (nSPS) is 15.0. The highest BCUT2D eigenvalue weighted by atomic mass is 35.5. The van der Waals surface area contributed by atoms with Crippen LogP contribution in [0.3, 0.4) is 0 Å². The Morgan fingerprint density at radius 3 is 2.43 bits per heavy atom. The van der Waals surface area contributed by atoms with Gasteiger partial charge in [0.2, 0.25) is 11.8 Å². The van der Waals surface area contributed by atoms with Gasteiger partial charge in [0.1, 0.15) is 12.4 Å². The van der Waals surface area contributed by atoms with Crippen LogP contribution in [0.5, 0.6) is 17.2 Å². The Bertz CT molecular complexity index is 1180. The second kappa shape index (κ2) is 11.0. The van der Waals surface area contributed by atoms with E-state index in [4.69, 9.17) is 25.8 Å². The van der Waals surface area contributed by atoms with E-state index in [0.717, 1.165) is 11.3 Å². The zero-order chi connectivity index (χ0) is 24.8. The van der Waals surface area contributed by atoms with E-state index in [1.807, 2.05) is 12.1 Å². The molecule has 0 spiro atoms. The summed E-state index contributed by atoms with van der Waals surface area (Å²) >= 11 is 5.92. The molecule has 1 heterocycles. The third-order valence-corrected chi connectivity index (χ3v) is 5.93. The van der Waals surface area contributed by atoms with Gasteiger partial charge >= 0.3 is 0 Å². The number of methoxy groups -OCH3 is 2. The molecule has 0 radical (unpaired) electrons. The van der Waals surface area contributed by atoms with E-state index in [9.17, 15) is 9.59 Å². The number of hydrogen-bond acceptors (Lipinski definition) is 6. The van der Waals surface area contributed by atoms with E-state index in [-0.39, 0.29) is 18.2 Å². The number of amides is 2. The molecule has 182 valence electrons. The molecule has 2 amide bonds. The maximum Gasteiger partial charge on any atom is 0.243 e. The first-order valence-electron chi connectivity index (χ1n) is 11.0. The van der Waals surface area contributed by atoms with Crippen LogP contribution in [0.4, 0.5) is 11.4 Å². The molecular weight excluding hydrogens is 470 g/mol. The lowest BCUT2D eigenvalue weighted by atomic mass is 10.1. The second-order valence-electron chi connectivity index (χ2n) is 8.00. The number of hydrazine groups is 1. The molecule has 8 nitrogen and oxygen atoms in total. The number of ether oxygens (including phenoxy) is 3. The van der Waals surface area contributed by atoms with Crippen molar-refractivity contribution in [3.63, 3.8) is 0 Å². The lowest BCUT2D eigenvalue weighted by Crippen LogP contribution is -2.36. The minimum Gasteiger partial charge on any atom is -0.497 e. The molecule has 3 aromatic carbocycles. The highest BCUT2D eigenvalue weighted by molar-refractivity contribution is 6.30. The van der Waals surface area contributed by atoms with E-state index >= 15 is 0 Å². The molecule has 1 saturated heterocycles. The molecule has 2 N–H and O–H groups in total. The van der Waals surface area contributed by atoms with Crippen LogP contribution >= 0.6 is 11.6 Å². The van der Waals surface area contributed by atoms with Gasteiger partial charge in [0.25, 0.3) is 0 Å². The standard InChI is InChI=1S/C26H26ClN3O5/c1-33-22-10-8-21(9-11-22)30-15-18(13-25(30)31)26(32)29-28-20-7-12-23(24(14-20)34-2)35-16-17-3-5-19(27)6-4-17/h3-12,14,18,28H,13,15-16H2,1-2H3,(H,29,32)/t18-/m0/s1. The summed E-state index contributed by atoms with van der Waals surface area (Å²) in [6.07, 6.45) is 0.139. The Labute approximate surface area is 208 Å². The molecule has 0 aromatic heterocycles. The summed E-state index contributed by atoms with van der Waals surface area (Å²) in [5.41, 5.74) is 7.90. The van der Waals surface area contributed by atoms with Crippen LogP contribution in [0, 0.1) is 5.92 Å². The van der Waals surface area contributed by atoms with Crippen molar-refractivity contribution in [1.29, 1.82) is 0 Å². The number of anilines is 2. The largest absolute Gasteiger partial charge is 0.497 e. The molecule has 0 unspecified atom stereocenters. The number of nitrogens with zero attached hydrogens (tertiary/aromatic N) is 1. The number of carbonyl (C=O) groups is 2. The molecule has 4 rings (SSSR count). The van der Waals surface area contributed by atoms with Crippen molar-refractivity contribution < 1.29 is 23.8 Å². The van der Waals surface area contributed by atoms with E-state index in [0.29, 0.717) is 41.1 Å². The van der Waals surface area contributed by atoms with Gasteiger partial charge in [-0.25, -0.2) is 0 Å². The Morgan fingerprint density at radius 1 is 1.00 bits per heavy atom. The van der Waals surface area contributed by atoms with Crippen LogP contribution in [0.15, 0.2) is 66.7 Å². The minimum atomic E-state index is -0.471. The quantitative estimate of drug-likeness (QED) is 0.427. The van der Waals surface area contributed by atoms with Crippen molar-refractivity contribution in [3.8, 4) is 17.2 Å². The monoisotopic (exact) mass is 495 g/mol. The number of nitrogens with one attached hydrogen (secondary N) is 2. The second-order valence-corrected chi connectivity index (χ2v) is 8.43. The van der Waals surface area contributed by atoms with Crippen molar-refractivity contribution in [3.05, 3.63) is 77.3 Å². The van der Waals surface area contributed by atoms with Gasteiger partial charge in [0.05, 0.1) is 25.8 Å². The minimum absolute atomic E-state index is 0.0980. The zero-order valence-electron chi connectivity index (χ0n) is 19.4. The SMILES string of the molecule is COc1ccc(N2C[C@@H](C(=O)NNc3ccc(OCc4ccc(Cl)cc4)c(OC)c3)CC2=O)cc1. The van der Waals surface area contributed by atoms with Gasteiger partial charge in [-0.2, -0.15) is 0 Å². The Kier molecular flexibility index (Phi) is 7.62. The van der Waals surface area contributed by atoms with Crippen LogP contribution in [0.1, 0.15) is 12.0 Å². The lowest BCUT2D eigenvalue weighted by molar-refractivity contribution is -0.125. The zero-order valence-corrected chi connectivity index (χ0v) is 20.2. The molecule has 3 aromatic rings. The van der Waals surface area contributed by atoms with Crippen molar-refractivity contribution in [2.75, 3.05) is 31.1 Å². The fourth-order valence-electron chi connectivity index (χ4n) is 3.74. The lowest BCUT2D eigenvalue weighted by Gasteiger charge is -2.17. The average molecular weight is 496 g/mol. The first-order chi connectivity index (χ1) is 17.0. The van der Waals surface area contributed by atoms with Gasteiger partial charge in [-0.15, -0.1) is 0 Å². The highest BCUT2D eigenvalue weighted by Gasteiger charge is 2.35. The predicted molar refractivity (Wildman–Crippen MR) is 134 cm³/mol. The third kappa shape index (κ3) is 5.96. The number of carbonyl (C=O) groups excluding carboxylic acids is 2. The van der Waals surface area contributed by atoms with Gasteiger partial charge < -0.3 is 19.1 Å². The summed E-state index contributed by atoms with van der Waals surface area (Å²) < 4.78 is 16.5. The Morgan fingerprint density at radius 2 is 1.74 bits per heavy atom. The molecule has 1 aliphatic heterocycles. The van der Waals surface area contributed by atoms with Crippen molar-refractivity contribution in [2.24, 2.45) is 5.92 Å². The predicted octanol–water partition coefficient (Wildman–Crippen LogP) is 4.43. The summed E-state index contributed by atoms with van der Waals surface area (Å²) in [5.74, 6) is 0.947. The average Bonchev–Trinajstić information content (AvgIpc) is 3.28. The summed E-state index contributed by atoms with van der Waals surface area (Å²) in [4.78, 5) is 26.8. The van der Waals surface area contributed by atoms with Crippen LogP contribution in [-0.2, 0) is 16.2 Å². The molecule has 1 atom stereocenters. The number of benzene rings is 3. The Hall–Kier alpha value is -3.91. The third-order valence-electron chi connectivity index (χ3n) is 5.68. The van der Waals surface area contributed by atoms with Gasteiger partial charge in [-0.05, 0) is 54.1 Å². The van der Waals surface area contributed by atoms with Crippen molar-refractivity contribution in [1.82, 2.24) is 5.43 Å². The van der Waals surface area contributed by atoms with Crippen LogP contribution in [0.25, 0.3) is 0 Å². The fraction of sp³-hybridized carbons (Fsp3) is 0.231. The van der Waals surface area contributed by atoms with Gasteiger partial charge in [-0.3, -0.25) is 20.4 Å². The summed E-state index contributed by atoms with van der Waals surface area (Å²) in [6.45, 7) is 0.664. The molecular formula is C26H26ClN3O5. The molecule has 0 bridgehead atoms. The van der Waals surface area contributed by atoms with Crippen molar-refractivity contribution >= 4 is 34.8 Å². The number of hydrogen-bond donors (Lipinski definition) is 2. The van der Waals surface area contributed by atoms with Crippen LogP contribution in [0.2, 0.25) is 5.02 Å². The smallest absolute Gasteiger partial charge is 0.243 e. The van der Waals surface area contributed by atoms with E-state index in [1.165, 1.54) is 0 Å². The number of halogens is 1. The van der Waals surface area contributed by atoms with Crippen LogP contribution < -0.4 is 30.0 Å². The van der Waals surface area contributed by atoms with E-state index in [1.54, 1.807) is 73.7 Å². The maximum absolute atomic E-state index is 12.7. The molecule has 35 heavy (non-hydrogen) atoms. The first-order valence-corrected chi connectivity index (χ1v) is 11.4.